The maximum atomic E-state index is 12.9. The SMILES string of the molecule is CCCCCCCCCCC(OC(=O)NCCCS(=O)(=O)OC)c1ccc(C(F)(F)F)cc1. The van der Waals surface area contributed by atoms with Gasteiger partial charge < -0.3 is 10.1 Å². The average Bonchev–Trinajstić information content (AvgIpc) is 2.77. The van der Waals surface area contributed by atoms with E-state index in [4.69, 9.17) is 4.74 Å². The molecule has 0 radical (unpaired) electrons. The standard InChI is InChI=1S/C23H36F3NO5S/c1-3-4-5-6-7-8-9-10-12-21(19-13-15-20(16-14-19)23(24,25)26)32-22(28)27-17-11-18-33(29,30)31-2/h13-16,21H,3-12,17-18H2,1-2H3,(H,27,28). The lowest BCUT2D eigenvalue weighted by molar-refractivity contribution is -0.137. The molecule has 1 rings (SSSR count). The highest BCUT2D eigenvalue weighted by Gasteiger charge is 2.30. The lowest BCUT2D eigenvalue weighted by atomic mass is 10.0. The summed E-state index contributed by atoms with van der Waals surface area (Å²) in [6.07, 6.45) is 3.53. The molecular formula is C23H36F3NO5S. The zero-order chi connectivity index (χ0) is 24.7. The number of alkyl carbamates (subject to hydrolysis) is 1. The molecule has 0 saturated carbocycles. The fourth-order valence-electron chi connectivity index (χ4n) is 3.34. The molecule has 1 atom stereocenters. The van der Waals surface area contributed by atoms with Gasteiger partial charge in [-0.1, -0.05) is 64.0 Å². The minimum absolute atomic E-state index is 0.0684. The zero-order valence-electron chi connectivity index (χ0n) is 19.5. The predicted octanol–water partition coefficient (Wildman–Crippen LogP) is 6.37. The van der Waals surface area contributed by atoms with Crippen molar-refractivity contribution in [3.05, 3.63) is 35.4 Å². The molecule has 0 aromatic heterocycles. The first-order valence-corrected chi connectivity index (χ1v) is 13.1. The Morgan fingerprint density at radius 1 is 0.970 bits per heavy atom. The van der Waals surface area contributed by atoms with E-state index >= 15 is 0 Å². The maximum absolute atomic E-state index is 12.9. The van der Waals surface area contributed by atoms with Gasteiger partial charge in [-0.3, -0.25) is 4.18 Å². The molecule has 0 fully saturated rings. The van der Waals surface area contributed by atoms with Crippen LogP contribution in [0.4, 0.5) is 18.0 Å². The summed E-state index contributed by atoms with van der Waals surface area (Å²) >= 11 is 0. The quantitative estimate of drug-likeness (QED) is 0.213. The van der Waals surface area contributed by atoms with Crippen LogP contribution in [0.1, 0.15) is 88.4 Å². The van der Waals surface area contributed by atoms with Crippen LogP contribution in [0.25, 0.3) is 0 Å². The van der Waals surface area contributed by atoms with E-state index < -0.39 is 34.1 Å². The fraction of sp³-hybridized carbons (Fsp3) is 0.696. The first-order valence-electron chi connectivity index (χ1n) is 11.5. The van der Waals surface area contributed by atoms with E-state index in [1.165, 1.54) is 37.8 Å². The molecule has 33 heavy (non-hydrogen) atoms. The van der Waals surface area contributed by atoms with Crippen LogP contribution in [0.2, 0.25) is 0 Å². The summed E-state index contributed by atoms with van der Waals surface area (Å²) in [6.45, 7) is 2.23. The van der Waals surface area contributed by atoms with Crippen LogP contribution < -0.4 is 5.32 Å². The highest BCUT2D eigenvalue weighted by Crippen LogP contribution is 2.31. The Bertz CT molecular complexity index is 782. The number of alkyl halides is 3. The molecule has 0 aliphatic rings. The smallest absolute Gasteiger partial charge is 0.416 e. The molecule has 0 bridgehead atoms. The van der Waals surface area contributed by atoms with Crippen LogP contribution in [-0.2, 0) is 25.2 Å². The van der Waals surface area contributed by atoms with Gasteiger partial charge in [0, 0.05) is 6.54 Å². The third-order valence-electron chi connectivity index (χ3n) is 5.27. The molecule has 6 nitrogen and oxygen atoms in total. The predicted molar refractivity (Wildman–Crippen MR) is 121 cm³/mol. The van der Waals surface area contributed by atoms with E-state index in [9.17, 15) is 26.4 Å². The zero-order valence-corrected chi connectivity index (χ0v) is 20.3. The molecule has 0 heterocycles. The first-order chi connectivity index (χ1) is 15.6. The second-order valence-electron chi connectivity index (χ2n) is 7.99. The lowest BCUT2D eigenvalue weighted by Gasteiger charge is -2.19. The highest BCUT2D eigenvalue weighted by molar-refractivity contribution is 7.86. The minimum Gasteiger partial charge on any atom is -0.441 e. The van der Waals surface area contributed by atoms with Crippen molar-refractivity contribution in [2.45, 2.75) is 83.4 Å². The Balaban J connectivity index is 2.61. The molecule has 1 N–H and O–H groups in total. The summed E-state index contributed by atoms with van der Waals surface area (Å²) in [5.41, 5.74) is -0.274. The number of halogens is 3. The molecule has 0 saturated heterocycles. The average molecular weight is 496 g/mol. The molecule has 10 heteroatoms. The second kappa shape index (κ2) is 15.2. The summed E-state index contributed by atoms with van der Waals surface area (Å²) in [4.78, 5) is 12.2. The van der Waals surface area contributed by atoms with E-state index in [0.29, 0.717) is 12.0 Å². The van der Waals surface area contributed by atoms with Crippen molar-refractivity contribution in [1.82, 2.24) is 5.32 Å². The van der Waals surface area contributed by atoms with Crippen LogP contribution in [-0.4, -0.2) is 33.9 Å². The summed E-state index contributed by atoms with van der Waals surface area (Å²) in [6, 6.07) is 4.62. The molecule has 1 amide bonds. The number of ether oxygens (including phenoxy) is 1. The molecule has 1 aromatic rings. The Hall–Kier alpha value is -1.81. The third-order valence-corrected chi connectivity index (χ3v) is 6.57. The number of nitrogens with one attached hydrogen (secondary N) is 1. The van der Waals surface area contributed by atoms with Gasteiger partial charge in [-0.2, -0.15) is 21.6 Å². The number of unbranched alkanes of at least 4 members (excludes halogenated alkanes) is 7. The number of hydrogen-bond acceptors (Lipinski definition) is 5. The van der Waals surface area contributed by atoms with Gasteiger partial charge in [0.25, 0.3) is 10.1 Å². The van der Waals surface area contributed by atoms with Crippen molar-refractivity contribution in [3.63, 3.8) is 0 Å². The highest BCUT2D eigenvalue weighted by atomic mass is 32.2. The van der Waals surface area contributed by atoms with Crippen molar-refractivity contribution in [3.8, 4) is 0 Å². The number of carbonyl (C=O) groups is 1. The van der Waals surface area contributed by atoms with Gasteiger partial charge in [0.2, 0.25) is 0 Å². The van der Waals surface area contributed by atoms with E-state index in [2.05, 4.69) is 16.4 Å². The Morgan fingerprint density at radius 2 is 1.55 bits per heavy atom. The molecule has 1 aromatic carbocycles. The number of carbonyl (C=O) groups excluding carboxylic acids is 1. The third kappa shape index (κ3) is 12.9. The molecule has 190 valence electrons. The Labute approximate surface area is 195 Å². The van der Waals surface area contributed by atoms with Gasteiger partial charge in [0.05, 0.1) is 18.4 Å². The van der Waals surface area contributed by atoms with E-state index in [0.717, 1.165) is 44.9 Å². The number of rotatable bonds is 16. The van der Waals surface area contributed by atoms with E-state index in [1.54, 1.807) is 0 Å². The van der Waals surface area contributed by atoms with Crippen LogP contribution >= 0.6 is 0 Å². The van der Waals surface area contributed by atoms with Crippen LogP contribution in [0.15, 0.2) is 24.3 Å². The summed E-state index contributed by atoms with van der Waals surface area (Å²) in [5.74, 6) is -0.246. The normalized spacial score (nSPS) is 13.0. The molecule has 1 unspecified atom stereocenters. The first kappa shape index (κ1) is 29.2. The molecular weight excluding hydrogens is 459 g/mol. The van der Waals surface area contributed by atoms with Crippen LogP contribution in [0, 0.1) is 0 Å². The van der Waals surface area contributed by atoms with Crippen LogP contribution in [0.5, 0.6) is 0 Å². The van der Waals surface area contributed by atoms with E-state index in [-0.39, 0.29) is 18.7 Å². The topological polar surface area (TPSA) is 81.7 Å². The van der Waals surface area contributed by atoms with Gasteiger partial charge in [-0.25, -0.2) is 4.79 Å². The fourth-order valence-corrected chi connectivity index (χ4v) is 4.00. The molecule has 0 spiro atoms. The summed E-state index contributed by atoms with van der Waals surface area (Å²) < 4.78 is 71.0. The van der Waals surface area contributed by atoms with Gasteiger partial charge in [0.1, 0.15) is 6.10 Å². The number of amides is 1. The van der Waals surface area contributed by atoms with Crippen molar-refractivity contribution < 1.29 is 35.3 Å². The second-order valence-corrected chi connectivity index (χ2v) is 9.84. The van der Waals surface area contributed by atoms with Gasteiger partial charge in [-0.05, 0) is 37.0 Å². The minimum atomic E-state index is -4.44. The van der Waals surface area contributed by atoms with Crippen molar-refractivity contribution >= 4 is 16.2 Å². The summed E-state index contributed by atoms with van der Waals surface area (Å²) in [7, 11) is -2.54. The Kier molecular flexibility index (Phi) is 13.4. The summed E-state index contributed by atoms with van der Waals surface area (Å²) in [5, 5.41) is 2.48. The van der Waals surface area contributed by atoms with Gasteiger partial charge in [0.15, 0.2) is 0 Å². The van der Waals surface area contributed by atoms with Gasteiger partial charge >= 0.3 is 12.3 Å². The van der Waals surface area contributed by atoms with Crippen LogP contribution in [0.3, 0.4) is 0 Å². The van der Waals surface area contributed by atoms with Crippen molar-refractivity contribution in [1.29, 1.82) is 0 Å². The van der Waals surface area contributed by atoms with Crippen molar-refractivity contribution in [2.75, 3.05) is 19.4 Å². The van der Waals surface area contributed by atoms with E-state index in [1.807, 2.05) is 0 Å². The number of hydrogen-bond donors (Lipinski definition) is 1. The maximum Gasteiger partial charge on any atom is 0.416 e. The monoisotopic (exact) mass is 495 g/mol. The largest absolute Gasteiger partial charge is 0.441 e. The van der Waals surface area contributed by atoms with Gasteiger partial charge in [-0.15, -0.1) is 0 Å². The lowest BCUT2D eigenvalue weighted by Crippen LogP contribution is -2.28. The Morgan fingerprint density at radius 3 is 2.09 bits per heavy atom. The number of benzene rings is 1. The molecule has 0 aliphatic heterocycles. The van der Waals surface area contributed by atoms with Crippen molar-refractivity contribution in [2.24, 2.45) is 0 Å². The molecule has 0 aliphatic carbocycles.